The molecule has 0 aliphatic carbocycles. The molecule has 0 amide bonds. The van der Waals surface area contributed by atoms with Gasteiger partial charge in [0.05, 0.1) is 12.3 Å². The number of rotatable bonds is 8. The predicted molar refractivity (Wildman–Crippen MR) is 79.7 cm³/mol. The van der Waals surface area contributed by atoms with Crippen molar-refractivity contribution in [2.75, 3.05) is 46.2 Å². The highest BCUT2D eigenvalue weighted by atomic mass is 16.5. The Kier molecular flexibility index (Phi) is 5.82. The fourth-order valence-electron chi connectivity index (χ4n) is 2.44. The van der Waals surface area contributed by atoms with Gasteiger partial charge in [-0.25, -0.2) is 4.98 Å². The number of methoxy groups -OCH3 is 1. The van der Waals surface area contributed by atoms with Crippen LogP contribution in [0.15, 0.2) is 6.20 Å². The van der Waals surface area contributed by atoms with Gasteiger partial charge in [0, 0.05) is 32.9 Å². The Morgan fingerprint density at radius 2 is 2.11 bits per heavy atom. The maximum atomic E-state index is 5.06. The van der Waals surface area contributed by atoms with Gasteiger partial charge in [-0.2, -0.15) is 0 Å². The van der Waals surface area contributed by atoms with Crippen LogP contribution in [0, 0.1) is 12.3 Å². The van der Waals surface area contributed by atoms with E-state index in [1.54, 1.807) is 7.11 Å². The summed E-state index contributed by atoms with van der Waals surface area (Å²) in [4.78, 5) is 6.75. The van der Waals surface area contributed by atoms with E-state index in [1.807, 2.05) is 6.92 Å². The predicted octanol–water partition coefficient (Wildman–Crippen LogP) is 1.84. The van der Waals surface area contributed by atoms with Crippen LogP contribution in [-0.4, -0.2) is 55.4 Å². The molecule has 0 aliphatic rings. The van der Waals surface area contributed by atoms with E-state index in [-0.39, 0.29) is 5.41 Å². The van der Waals surface area contributed by atoms with Gasteiger partial charge in [0.15, 0.2) is 0 Å². The summed E-state index contributed by atoms with van der Waals surface area (Å²) < 4.78 is 7.26. The quantitative estimate of drug-likeness (QED) is 0.731. The van der Waals surface area contributed by atoms with Crippen LogP contribution in [0.4, 0.5) is 5.95 Å². The second kappa shape index (κ2) is 6.91. The molecule has 0 aromatic carbocycles. The van der Waals surface area contributed by atoms with Crippen LogP contribution in [-0.2, 0) is 11.3 Å². The summed E-state index contributed by atoms with van der Waals surface area (Å²) in [5.74, 6) is 0.932. The Morgan fingerprint density at radius 3 is 2.68 bits per heavy atom. The third kappa shape index (κ3) is 5.61. The molecule has 110 valence electrons. The molecule has 1 N–H and O–H groups in total. The standard InChI is InChI=1S/C14H28N4O/c1-12-9-18(11-14(2,3)10-17(4)5)13(16-12)15-7-8-19-6/h9H,7-8,10-11H2,1-6H3,(H,15,16). The first-order valence-corrected chi connectivity index (χ1v) is 6.75. The van der Waals surface area contributed by atoms with Crippen molar-refractivity contribution in [1.29, 1.82) is 0 Å². The highest BCUT2D eigenvalue weighted by Crippen LogP contribution is 2.22. The summed E-state index contributed by atoms with van der Waals surface area (Å²) in [6.45, 7) is 10.0. The molecule has 1 aromatic rings. The van der Waals surface area contributed by atoms with Crippen LogP contribution in [0.3, 0.4) is 0 Å². The molecule has 1 rings (SSSR count). The topological polar surface area (TPSA) is 42.3 Å². The molecular formula is C14H28N4O. The minimum Gasteiger partial charge on any atom is -0.383 e. The summed E-state index contributed by atoms with van der Waals surface area (Å²) in [5, 5.41) is 3.32. The van der Waals surface area contributed by atoms with Gasteiger partial charge in [0.1, 0.15) is 0 Å². The third-order valence-corrected chi connectivity index (χ3v) is 2.83. The second-order valence-corrected chi connectivity index (χ2v) is 6.16. The molecule has 19 heavy (non-hydrogen) atoms. The lowest BCUT2D eigenvalue weighted by atomic mass is 9.93. The monoisotopic (exact) mass is 268 g/mol. The molecule has 0 unspecified atom stereocenters. The van der Waals surface area contributed by atoms with Crippen molar-refractivity contribution in [1.82, 2.24) is 14.5 Å². The van der Waals surface area contributed by atoms with Crippen molar-refractivity contribution in [2.24, 2.45) is 5.41 Å². The fraction of sp³-hybridized carbons (Fsp3) is 0.786. The average Bonchev–Trinajstić information content (AvgIpc) is 2.56. The van der Waals surface area contributed by atoms with Crippen LogP contribution in [0.2, 0.25) is 0 Å². The zero-order valence-corrected chi connectivity index (χ0v) is 13.2. The van der Waals surface area contributed by atoms with Crippen LogP contribution in [0.25, 0.3) is 0 Å². The SMILES string of the molecule is COCCNc1nc(C)cn1CC(C)(C)CN(C)C. The molecule has 0 saturated heterocycles. The minimum absolute atomic E-state index is 0.203. The zero-order valence-electron chi connectivity index (χ0n) is 13.2. The molecule has 0 bridgehead atoms. The van der Waals surface area contributed by atoms with Crippen LogP contribution in [0.1, 0.15) is 19.5 Å². The van der Waals surface area contributed by atoms with Crippen molar-refractivity contribution in [3.8, 4) is 0 Å². The summed E-state index contributed by atoms with van der Waals surface area (Å²) in [7, 11) is 5.93. The summed E-state index contributed by atoms with van der Waals surface area (Å²) >= 11 is 0. The van der Waals surface area contributed by atoms with Gasteiger partial charge >= 0.3 is 0 Å². The van der Waals surface area contributed by atoms with E-state index in [1.165, 1.54) is 0 Å². The van der Waals surface area contributed by atoms with E-state index in [0.29, 0.717) is 6.61 Å². The van der Waals surface area contributed by atoms with Gasteiger partial charge in [-0.15, -0.1) is 0 Å². The molecule has 0 atom stereocenters. The Balaban J connectivity index is 2.71. The minimum atomic E-state index is 0.203. The molecular weight excluding hydrogens is 240 g/mol. The lowest BCUT2D eigenvalue weighted by molar-refractivity contribution is 0.208. The first kappa shape index (κ1) is 16.0. The van der Waals surface area contributed by atoms with Crippen LogP contribution in [0.5, 0.6) is 0 Å². The third-order valence-electron chi connectivity index (χ3n) is 2.83. The van der Waals surface area contributed by atoms with Gasteiger partial charge in [-0.05, 0) is 26.4 Å². The molecule has 5 nitrogen and oxygen atoms in total. The maximum Gasteiger partial charge on any atom is 0.203 e. The van der Waals surface area contributed by atoms with Crippen molar-refractivity contribution in [3.05, 3.63) is 11.9 Å². The fourth-order valence-corrected chi connectivity index (χ4v) is 2.44. The van der Waals surface area contributed by atoms with E-state index in [9.17, 15) is 0 Å². The first-order valence-electron chi connectivity index (χ1n) is 6.75. The average molecular weight is 268 g/mol. The van der Waals surface area contributed by atoms with Crippen LogP contribution < -0.4 is 5.32 Å². The van der Waals surface area contributed by atoms with Gasteiger partial charge in [0.2, 0.25) is 5.95 Å². The Bertz CT molecular complexity index is 385. The summed E-state index contributed by atoms with van der Waals surface area (Å²) in [6, 6.07) is 0. The van der Waals surface area contributed by atoms with Crippen molar-refractivity contribution in [2.45, 2.75) is 27.3 Å². The zero-order chi connectivity index (χ0) is 14.5. The molecule has 0 aliphatic heterocycles. The molecule has 1 aromatic heterocycles. The lowest BCUT2D eigenvalue weighted by Gasteiger charge is -2.29. The van der Waals surface area contributed by atoms with Gasteiger partial charge in [-0.3, -0.25) is 0 Å². The second-order valence-electron chi connectivity index (χ2n) is 6.16. The lowest BCUT2D eigenvalue weighted by Crippen LogP contribution is -2.32. The van der Waals surface area contributed by atoms with E-state index in [4.69, 9.17) is 4.74 Å². The van der Waals surface area contributed by atoms with E-state index >= 15 is 0 Å². The molecule has 5 heteroatoms. The van der Waals surface area contributed by atoms with Crippen LogP contribution >= 0.6 is 0 Å². The highest BCUT2D eigenvalue weighted by Gasteiger charge is 2.21. The normalized spacial score (nSPS) is 12.2. The van der Waals surface area contributed by atoms with E-state index in [0.717, 1.165) is 31.3 Å². The van der Waals surface area contributed by atoms with Gasteiger partial charge in [-0.1, -0.05) is 13.8 Å². The number of aromatic nitrogens is 2. The maximum absolute atomic E-state index is 5.06. The molecule has 0 radical (unpaired) electrons. The number of nitrogens with zero attached hydrogens (tertiary/aromatic N) is 3. The molecule has 0 fully saturated rings. The number of nitrogens with one attached hydrogen (secondary N) is 1. The van der Waals surface area contributed by atoms with E-state index in [2.05, 4.69) is 53.9 Å². The summed E-state index contributed by atoms with van der Waals surface area (Å²) in [6.07, 6.45) is 2.10. The smallest absolute Gasteiger partial charge is 0.203 e. The largest absolute Gasteiger partial charge is 0.383 e. The van der Waals surface area contributed by atoms with Crippen molar-refractivity contribution in [3.63, 3.8) is 0 Å². The number of anilines is 1. The van der Waals surface area contributed by atoms with E-state index < -0.39 is 0 Å². The van der Waals surface area contributed by atoms with Crippen molar-refractivity contribution < 1.29 is 4.74 Å². The number of hydrogen-bond donors (Lipinski definition) is 1. The highest BCUT2D eigenvalue weighted by molar-refractivity contribution is 5.28. The number of hydrogen-bond acceptors (Lipinski definition) is 4. The Labute approximate surface area is 117 Å². The van der Waals surface area contributed by atoms with Gasteiger partial charge < -0.3 is 19.5 Å². The number of imidazole rings is 1. The van der Waals surface area contributed by atoms with Crippen molar-refractivity contribution >= 4 is 5.95 Å². The Morgan fingerprint density at radius 1 is 1.42 bits per heavy atom. The summed E-state index contributed by atoms with van der Waals surface area (Å²) in [5.41, 5.74) is 1.24. The number of ether oxygens (including phenoxy) is 1. The number of aryl methyl sites for hydroxylation is 1. The molecule has 0 spiro atoms. The Hall–Kier alpha value is -1.07. The molecule has 1 heterocycles. The molecule has 0 saturated carbocycles. The first-order chi connectivity index (χ1) is 8.84. The van der Waals surface area contributed by atoms with Gasteiger partial charge in [0.25, 0.3) is 0 Å².